The van der Waals surface area contributed by atoms with E-state index in [-0.39, 0.29) is 50.3 Å². The Kier molecular flexibility index (Phi) is 133. The zero-order valence-electron chi connectivity index (χ0n) is 8.56. The van der Waals surface area contributed by atoms with Crippen LogP contribution < -0.4 is 18.9 Å². The van der Waals surface area contributed by atoms with E-state index in [4.69, 9.17) is 0 Å². The molecule has 0 aromatic carbocycles. The van der Waals surface area contributed by atoms with Gasteiger partial charge < -0.3 is 5.71 Å². The van der Waals surface area contributed by atoms with Crippen molar-refractivity contribution >= 4 is 37.5 Å². The van der Waals surface area contributed by atoms with Crippen LogP contribution in [-0.2, 0) is 0 Å². The molecule has 0 bridgehead atoms. The van der Waals surface area contributed by atoms with Crippen LogP contribution in [0.15, 0.2) is 0 Å². The Morgan fingerprint density at radius 2 is 1.33 bits per heavy atom. The molecular formula is C2H10AlBLiS. The van der Waals surface area contributed by atoms with Gasteiger partial charge in [0.25, 0.3) is 0 Å². The fourth-order valence-electron chi connectivity index (χ4n) is 0. The molecule has 0 spiro atoms. The van der Waals surface area contributed by atoms with Crippen LogP contribution in [-0.4, -0.2) is 38.3 Å². The SMILES string of the molecule is CSC.[Al+3].[B].[H-].[H-].[H-].[H-].[Li+]. The fraction of sp³-hybridized carbons (Fsp3) is 1.00. The van der Waals surface area contributed by atoms with Gasteiger partial charge >= 0.3 is 36.2 Å². The number of thioether (sulfide) groups is 1. The minimum absolute atomic E-state index is 0. The van der Waals surface area contributed by atoms with E-state index in [1.54, 1.807) is 11.8 Å². The summed E-state index contributed by atoms with van der Waals surface area (Å²) < 4.78 is 0. The molecule has 0 rings (SSSR count). The molecule has 0 aromatic rings. The summed E-state index contributed by atoms with van der Waals surface area (Å²) in [4.78, 5) is 0. The molecule has 0 aliphatic heterocycles. The summed E-state index contributed by atoms with van der Waals surface area (Å²) in [6, 6.07) is 0. The first-order valence-electron chi connectivity index (χ1n) is 0.816. The van der Waals surface area contributed by atoms with E-state index >= 15 is 0 Å². The summed E-state index contributed by atoms with van der Waals surface area (Å²) >= 11 is 1.75. The molecule has 0 fully saturated rings. The van der Waals surface area contributed by atoms with Crippen molar-refractivity contribution in [2.45, 2.75) is 0 Å². The Morgan fingerprint density at radius 3 is 1.33 bits per heavy atom. The number of hydrogen-bond acceptors (Lipinski definition) is 1. The van der Waals surface area contributed by atoms with E-state index in [0.29, 0.717) is 0 Å². The van der Waals surface area contributed by atoms with Crippen molar-refractivity contribution in [3.63, 3.8) is 0 Å². The van der Waals surface area contributed by atoms with Crippen LogP contribution in [0.2, 0.25) is 0 Å². The van der Waals surface area contributed by atoms with Crippen molar-refractivity contribution in [1.29, 1.82) is 0 Å². The zero-order chi connectivity index (χ0) is 2.71. The number of hydrogen-bond donors (Lipinski definition) is 0. The van der Waals surface area contributed by atoms with Crippen LogP contribution >= 0.6 is 11.8 Å². The molecule has 6 heavy (non-hydrogen) atoms. The van der Waals surface area contributed by atoms with Gasteiger partial charge in [-0.25, -0.2) is 0 Å². The molecule has 0 saturated carbocycles. The van der Waals surface area contributed by atoms with Gasteiger partial charge in [-0.2, -0.15) is 11.8 Å². The largest absolute Gasteiger partial charge is 3.00 e. The van der Waals surface area contributed by atoms with Crippen LogP contribution in [0.4, 0.5) is 0 Å². The van der Waals surface area contributed by atoms with Gasteiger partial charge in [0.15, 0.2) is 0 Å². The molecule has 0 heterocycles. The summed E-state index contributed by atoms with van der Waals surface area (Å²) in [5.74, 6) is 0. The average Bonchev–Trinajstić information content (AvgIpc) is 0.918. The van der Waals surface area contributed by atoms with Gasteiger partial charge in [0, 0.05) is 8.41 Å². The van der Waals surface area contributed by atoms with Gasteiger partial charge in [-0.3, -0.25) is 0 Å². The van der Waals surface area contributed by atoms with E-state index in [1.807, 2.05) is 12.5 Å². The van der Waals surface area contributed by atoms with Crippen LogP contribution in [0.3, 0.4) is 0 Å². The van der Waals surface area contributed by atoms with Crippen molar-refractivity contribution in [3.05, 3.63) is 0 Å². The van der Waals surface area contributed by atoms with Gasteiger partial charge in [-0.15, -0.1) is 0 Å². The van der Waals surface area contributed by atoms with Crippen LogP contribution in [0, 0.1) is 0 Å². The third-order valence-electron chi connectivity index (χ3n) is 0. The minimum Gasteiger partial charge on any atom is -1.00 e. The smallest absolute Gasteiger partial charge is 1.00 e. The molecule has 0 nitrogen and oxygen atoms in total. The first-order chi connectivity index (χ1) is 1.41. The molecule has 3 radical (unpaired) electrons. The van der Waals surface area contributed by atoms with Crippen molar-refractivity contribution in [1.82, 2.24) is 0 Å². The maximum Gasteiger partial charge on any atom is 3.00 e. The molecule has 0 amide bonds. The van der Waals surface area contributed by atoms with E-state index < -0.39 is 0 Å². The summed E-state index contributed by atoms with van der Waals surface area (Å²) in [7, 11) is 0. The minimum atomic E-state index is 0. The predicted octanol–water partition coefficient (Wildman–Crippen LogP) is -2.33. The summed E-state index contributed by atoms with van der Waals surface area (Å²) in [6.07, 6.45) is 4.08. The van der Waals surface area contributed by atoms with Gasteiger partial charge in [0.1, 0.15) is 0 Å². The molecular weight excluding hydrogens is 101 g/mol. The predicted molar refractivity (Wildman–Crippen MR) is 35.4 cm³/mol. The van der Waals surface area contributed by atoms with Crippen molar-refractivity contribution in [2.24, 2.45) is 0 Å². The van der Waals surface area contributed by atoms with Crippen molar-refractivity contribution < 1.29 is 24.6 Å². The Labute approximate surface area is 74.7 Å². The van der Waals surface area contributed by atoms with Crippen molar-refractivity contribution in [3.8, 4) is 0 Å². The molecule has 0 aliphatic rings. The Morgan fingerprint density at radius 1 is 1.33 bits per heavy atom. The van der Waals surface area contributed by atoms with E-state index in [0.717, 1.165) is 0 Å². The second kappa shape index (κ2) is 31.1. The second-order valence-corrected chi connectivity index (χ2v) is 1.22. The first kappa shape index (κ1) is 25.7. The Balaban J connectivity index is -0.000000000952. The zero-order valence-corrected chi connectivity index (χ0v) is 6.53. The first-order valence-corrected chi connectivity index (χ1v) is 2.45. The topological polar surface area (TPSA) is 0 Å². The fourth-order valence-corrected chi connectivity index (χ4v) is 0. The van der Waals surface area contributed by atoms with Crippen LogP contribution in [0.1, 0.15) is 5.71 Å². The molecule has 0 aliphatic carbocycles. The summed E-state index contributed by atoms with van der Waals surface area (Å²) in [6.45, 7) is 0. The van der Waals surface area contributed by atoms with E-state index in [2.05, 4.69) is 0 Å². The van der Waals surface area contributed by atoms with E-state index in [1.165, 1.54) is 0 Å². The van der Waals surface area contributed by atoms with Crippen molar-refractivity contribution in [2.75, 3.05) is 12.5 Å². The Hall–Kier alpha value is 1.54. The third kappa shape index (κ3) is 48.0. The Bertz CT molecular complexity index is 23.2. The van der Waals surface area contributed by atoms with E-state index in [9.17, 15) is 0 Å². The van der Waals surface area contributed by atoms with Gasteiger partial charge in [0.05, 0.1) is 0 Å². The van der Waals surface area contributed by atoms with Crippen LogP contribution in [0.25, 0.3) is 0 Å². The summed E-state index contributed by atoms with van der Waals surface area (Å²) in [5.41, 5.74) is 0. The van der Waals surface area contributed by atoms with Gasteiger partial charge in [0.2, 0.25) is 0 Å². The second-order valence-electron chi connectivity index (χ2n) is 0.408. The van der Waals surface area contributed by atoms with Crippen LogP contribution in [0.5, 0.6) is 0 Å². The monoisotopic (exact) mass is 111 g/mol. The maximum atomic E-state index is 2.04. The molecule has 31 valence electrons. The quantitative estimate of drug-likeness (QED) is 0.316. The van der Waals surface area contributed by atoms with Gasteiger partial charge in [-0.1, -0.05) is 0 Å². The average molecular weight is 111 g/mol. The molecule has 0 unspecified atom stereocenters. The normalized spacial score (nSPS) is 3.00. The standard InChI is InChI=1S/C2H6S.Al.B.Li.4H/c1-3-2;;;;;;;/h1-2H3;;;;;;;/q;+3;;+1;4*-1. The molecule has 4 heteroatoms. The summed E-state index contributed by atoms with van der Waals surface area (Å²) in [5, 5.41) is 0. The molecule has 0 N–H and O–H groups in total. The molecule has 0 atom stereocenters. The third-order valence-corrected chi connectivity index (χ3v) is 0. The molecule has 0 aromatic heterocycles. The van der Waals surface area contributed by atoms with Gasteiger partial charge in [-0.05, 0) is 12.5 Å². The number of rotatable bonds is 0. The maximum absolute atomic E-state index is 2.04. The molecule has 0 saturated heterocycles.